The molecule has 0 spiro atoms. The number of carbonyl (C=O) groups is 1. The summed E-state index contributed by atoms with van der Waals surface area (Å²) < 4.78 is 9.70. The Hall–Kier alpha value is -0.890. The van der Waals surface area contributed by atoms with Crippen LogP contribution in [0.3, 0.4) is 0 Å². The van der Waals surface area contributed by atoms with Crippen molar-refractivity contribution in [1.29, 1.82) is 5.26 Å². The van der Waals surface area contributed by atoms with Gasteiger partial charge in [0.05, 0.1) is 6.61 Å². The van der Waals surface area contributed by atoms with Crippen molar-refractivity contribution in [3.8, 4) is 5.40 Å². The summed E-state index contributed by atoms with van der Waals surface area (Å²) in [6, 6.07) is 0. The van der Waals surface area contributed by atoms with Gasteiger partial charge in [-0.15, -0.1) is 0 Å². The molecule has 0 rings (SSSR count). The lowest BCUT2D eigenvalue weighted by molar-refractivity contribution is 0.0504. The van der Waals surface area contributed by atoms with E-state index in [0.29, 0.717) is 6.61 Å². The summed E-state index contributed by atoms with van der Waals surface area (Å²) in [5.41, 5.74) is -0.475. The van der Waals surface area contributed by atoms with Crippen LogP contribution in [0.25, 0.3) is 0 Å². The summed E-state index contributed by atoms with van der Waals surface area (Å²) in [5, 5.41) is 10.2. The standard InChI is InChI=1S/C12H21NO3S/c1-3-4-5-6-7-8-9-15-12(14)16-11(2)17-10-13/h11H,3-9H2,1-2H3. The summed E-state index contributed by atoms with van der Waals surface area (Å²) in [7, 11) is 0. The van der Waals surface area contributed by atoms with Crippen molar-refractivity contribution in [2.75, 3.05) is 6.61 Å². The molecule has 0 fully saturated rings. The molecule has 98 valence electrons. The molecule has 0 N–H and O–H groups in total. The largest absolute Gasteiger partial charge is 0.509 e. The Morgan fingerprint density at radius 2 is 1.94 bits per heavy atom. The van der Waals surface area contributed by atoms with Crippen LogP contribution >= 0.6 is 11.8 Å². The summed E-state index contributed by atoms with van der Waals surface area (Å²) in [5.74, 6) is 0. The van der Waals surface area contributed by atoms with E-state index in [-0.39, 0.29) is 0 Å². The van der Waals surface area contributed by atoms with Gasteiger partial charge in [-0.05, 0) is 25.1 Å². The van der Waals surface area contributed by atoms with E-state index in [0.717, 1.165) is 24.6 Å². The number of hydrogen-bond acceptors (Lipinski definition) is 5. The molecule has 5 heteroatoms. The van der Waals surface area contributed by atoms with Gasteiger partial charge in [0, 0.05) is 0 Å². The van der Waals surface area contributed by atoms with Crippen LogP contribution in [0.2, 0.25) is 0 Å². The summed E-state index contributed by atoms with van der Waals surface area (Å²) >= 11 is 0.895. The lowest BCUT2D eigenvalue weighted by Crippen LogP contribution is -2.13. The van der Waals surface area contributed by atoms with E-state index in [2.05, 4.69) is 6.92 Å². The van der Waals surface area contributed by atoms with Crippen LogP contribution in [0.4, 0.5) is 4.79 Å². The van der Waals surface area contributed by atoms with Gasteiger partial charge in [-0.1, -0.05) is 39.0 Å². The van der Waals surface area contributed by atoms with Crippen LogP contribution in [0.5, 0.6) is 0 Å². The third kappa shape index (κ3) is 11.4. The van der Waals surface area contributed by atoms with Crippen molar-refractivity contribution in [2.45, 2.75) is 57.8 Å². The smallest absolute Gasteiger partial charge is 0.434 e. The van der Waals surface area contributed by atoms with E-state index in [1.807, 2.05) is 5.40 Å². The molecule has 4 nitrogen and oxygen atoms in total. The van der Waals surface area contributed by atoms with Gasteiger partial charge in [0.2, 0.25) is 0 Å². The minimum atomic E-state index is -0.686. The highest BCUT2D eigenvalue weighted by molar-refractivity contribution is 8.04. The molecule has 0 aliphatic rings. The van der Waals surface area contributed by atoms with E-state index in [9.17, 15) is 4.79 Å². The molecule has 0 aromatic heterocycles. The van der Waals surface area contributed by atoms with Crippen LogP contribution in [0.1, 0.15) is 52.4 Å². The Morgan fingerprint density at radius 3 is 2.59 bits per heavy atom. The Kier molecular flexibility index (Phi) is 11.0. The topological polar surface area (TPSA) is 59.3 Å². The fourth-order valence-corrected chi connectivity index (χ4v) is 1.58. The number of thiocyanates is 1. The highest BCUT2D eigenvalue weighted by Gasteiger charge is 2.10. The SMILES string of the molecule is CCCCCCCCOC(=O)OC(C)SC#N. The number of unbranched alkanes of at least 4 members (excludes halogenated alkanes) is 5. The lowest BCUT2D eigenvalue weighted by atomic mass is 10.1. The Balaban J connectivity index is 3.31. The van der Waals surface area contributed by atoms with Gasteiger partial charge in [0.25, 0.3) is 0 Å². The zero-order valence-corrected chi connectivity index (χ0v) is 11.4. The molecule has 0 aliphatic carbocycles. The molecule has 0 radical (unpaired) electrons. The normalized spacial score (nSPS) is 11.6. The first kappa shape index (κ1) is 16.1. The molecule has 0 heterocycles. The zero-order chi connectivity index (χ0) is 12.9. The zero-order valence-electron chi connectivity index (χ0n) is 10.6. The van der Waals surface area contributed by atoms with E-state index >= 15 is 0 Å². The average molecular weight is 259 g/mol. The first-order valence-electron chi connectivity index (χ1n) is 6.08. The van der Waals surface area contributed by atoms with Gasteiger partial charge < -0.3 is 9.47 Å². The number of ether oxygens (including phenoxy) is 2. The second kappa shape index (κ2) is 11.6. The maximum absolute atomic E-state index is 11.1. The van der Waals surface area contributed by atoms with Crippen molar-refractivity contribution >= 4 is 17.9 Å². The highest BCUT2D eigenvalue weighted by Crippen LogP contribution is 2.10. The molecule has 0 amide bonds. The van der Waals surface area contributed by atoms with Crippen molar-refractivity contribution in [1.82, 2.24) is 0 Å². The molecule has 0 aromatic rings. The Bertz CT molecular complexity index is 240. The van der Waals surface area contributed by atoms with Gasteiger partial charge in [-0.3, -0.25) is 0 Å². The average Bonchev–Trinajstić information content (AvgIpc) is 2.28. The number of carbonyl (C=O) groups excluding carboxylic acids is 1. The second-order valence-corrected chi connectivity index (χ2v) is 4.84. The first-order valence-corrected chi connectivity index (χ1v) is 6.96. The van der Waals surface area contributed by atoms with E-state index in [1.54, 1.807) is 6.92 Å². The molecule has 0 aromatic carbocycles. The molecular formula is C12H21NO3S. The maximum atomic E-state index is 11.1. The Morgan fingerprint density at radius 1 is 1.29 bits per heavy atom. The molecule has 0 bridgehead atoms. The van der Waals surface area contributed by atoms with Gasteiger partial charge in [-0.2, -0.15) is 5.26 Å². The molecule has 0 saturated heterocycles. The highest BCUT2D eigenvalue weighted by atomic mass is 32.2. The second-order valence-electron chi connectivity index (χ2n) is 3.76. The van der Waals surface area contributed by atoms with E-state index < -0.39 is 11.6 Å². The fourth-order valence-electron chi connectivity index (χ4n) is 1.31. The third-order valence-corrected chi connectivity index (χ3v) is 2.73. The molecule has 17 heavy (non-hydrogen) atoms. The third-order valence-electron chi connectivity index (χ3n) is 2.20. The van der Waals surface area contributed by atoms with E-state index in [4.69, 9.17) is 14.7 Å². The lowest BCUT2D eigenvalue weighted by Gasteiger charge is -2.09. The minimum Gasteiger partial charge on any atom is -0.434 e. The monoisotopic (exact) mass is 259 g/mol. The number of rotatable bonds is 9. The van der Waals surface area contributed by atoms with Crippen LogP contribution in [-0.2, 0) is 9.47 Å². The quantitative estimate of drug-likeness (QED) is 0.270. The van der Waals surface area contributed by atoms with Crippen LogP contribution in [-0.4, -0.2) is 18.2 Å². The summed E-state index contributed by atoms with van der Waals surface area (Å²) in [6.07, 6.45) is 6.20. The summed E-state index contributed by atoms with van der Waals surface area (Å²) in [6.45, 7) is 4.22. The van der Waals surface area contributed by atoms with Crippen LogP contribution in [0.15, 0.2) is 0 Å². The van der Waals surface area contributed by atoms with Gasteiger partial charge in [0.1, 0.15) is 5.40 Å². The maximum Gasteiger partial charge on any atom is 0.509 e. The predicted molar refractivity (Wildman–Crippen MR) is 68.5 cm³/mol. The van der Waals surface area contributed by atoms with Gasteiger partial charge in [-0.25, -0.2) is 4.79 Å². The number of nitriles is 1. The predicted octanol–water partition coefficient (Wildman–Crippen LogP) is 4.06. The number of thioether (sulfide) groups is 1. The fraction of sp³-hybridized carbons (Fsp3) is 0.833. The van der Waals surface area contributed by atoms with Gasteiger partial charge in [0.15, 0.2) is 5.44 Å². The Labute approximate surface area is 108 Å². The first-order chi connectivity index (χ1) is 8.20. The number of nitrogens with zero attached hydrogens (tertiary/aromatic N) is 1. The van der Waals surface area contributed by atoms with Crippen molar-refractivity contribution in [2.24, 2.45) is 0 Å². The molecule has 0 saturated carbocycles. The van der Waals surface area contributed by atoms with Crippen molar-refractivity contribution in [3.63, 3.8) is 0 Å². The molecule has 1 atom stereocenters. The van der Waals surface area contributed by atoms with Crippen LogP contribution < -0.4 is 0 Å². The van der Waals surface area contributed by atoms with Crippen molar-refractivity contribution in [3.05, 3.63) is 0 Å². The molecule has 0 aliphatic heterocycles. The molecule has 1 unspecified atom stereocenters. The van der Waals surface area contributed by atoms with E-state index in [1.165, 1.54) is 25.7 Å². The molecular weight excluding hydrogens is 238 g/mol. The van der Waals surface area contributed by atoms with Crippen molar-refractivity contribution < 1.29 is 14.3 Å². The van der Waals surface area contributed by atoms with Crippen LogP contribution in [0, 0.1) is 10.7 Å². The summed E-state index contributed by atoms with van der Waals surface area (Å²) in [4.78, 5) is 11.1. The van der Waals surface area contributed by atoms with Gasteiger partial charge >= 0.3 is 6.16 Å². The number of hydrogen-bond donors (Lipinski definition) is 0. The minimum absolute atomic E-state index is 0.398.